The highest BCUT2D eigenvalue weighted by Crippen LogP contribution is 2.23. The van der Waals surface area contributed by atoms with Crippen LogP contribution in [0.4, 0.5) is 0 Å². The normalized spacial score (nSPS) is 18.3. The standard InChI is InChI=1S/C17H21N3O2/c1-12-5-3-4-10-20(12)17(21)16-11-15(18-19-16)13-6-8-14(22-2)9-7-13/h6-9,11-12H,3-5,10H2,1-2H3,(H,18,19). The second-order valence-corrected chi connectivity index (χ2v) is 5.74. The summed E-state index contributed by atoms with van der Waals surface area (Å²) in [5.74, 6) is 0.845. The Morgan fingerprint density at radius 2 is 2.09 bits per heavy atom. The van der Waals surface area contributed by atoms with E-state index in [4.69, 9.17) is 4.74 Å². The van der Waals surface area contributed by atoms with Crippen LogP contribution in [0.1, 0.15) is 36.7 Å². The first-order valence-corrected chi connectivity index (χ1v) is 7.70. The number of rotatable bonds is 3. The summed E-state index contributed by atoms with van der Waals surface area (Å²) in [6.45, 7) is 2.94. The Bertz CT molecular complexity index is 648. The summed E-state index contributed by atoms with van der Waals surface area (Å²) in [6, 6.07) is 9.77. The monoisotopic (exact) mass is 299 g/mol. The van der Waals surface area contributed by atoms with Crippen LogP contribution in [0.15, 0.2) is 30.3 Å². The molecule has 1 atom stereocenters. The summed E-state index contributed by atoms with van der Waals surface area (Å²) in [5.41, 5.74) is 2.29. The number of ether oxygens (including phenoxy) is 1. The molecular formula is C17H21N3O2. The minimum atomic E-state index is 0.0412. The van der Waals surface area contributed by atoms with Crippen LogP contribution in [-0.2, 0) is 0 Å². The summed E-state index contributed by atoms with van der Waals surface area (Å²) in [7, 11) is 1.64. The van der Waals surface area contributed by atoms with Gasteiger partial charge in [0.25, 0.3) is 5.91 Å². The Hall–Kier alpha value is -2.30. The van der Waals surface area contributed by atoms with Gasteiger partial charge in [-0.3, -0.25) is 9.89 Å². The number of carbonyl (C=O) groups is 1. The molecule has 1 amide bonds. The number of benzene rings is 1. The zero-order valence-electron chi connectivity index (χ0n) is 13.0. The highest BCUT2D eigenvalue weighted by molar-refractivity contribution is 5.93. The molecule has 22 heavy (non-hydrogen) atoms. The molecule has 0 saturated carbocycles. The van der Waals surface area contributed by atoms with Crippen molar-refractivity contribution in [2.24, 2.45) is 0 Å². The molecule has 116 valence electrons. The van der Waals surface area contributed by atoms with Gasteiger partial charge < -0.3 is 9.64 Å². The maximum absolute atomic E-state index is 12.6. The number of nitrogens with one attached hydrogen (secondary N) is 1. The van der Waals surface area contributed by atoms with Gasteiger partial charge in [-0.25, -0.2) is 0 Å². The number of hydrogen-bond acceptors (Lipinski definition) is 3. The number of hydrogen-bond donors (Lipinski definition) is 1. The van der Waals surface area contributed by atoms with Crippen LogP contribution >= 0.6 is 0 Å². The maximum Gasteiger partial charge on any atom is 0.272 e. The predicted octanol–water partition coefficient (Wildman–Crippen LogP) is 3.10. The lowest BCUT2D eigenvalue weighted by molar-refractivity contribution is 0.0629. The molecule has 1 aromatic carbocycles. The van der Waals surface area contributed by atoms with Gasteiger partial charge in [0, 0.05) is 18.2 Å². The summed E-state index contributed by atoms with van der Waals surface area (Å²) < 4.78 is 5.15. The van der Waals surface area contributed by atoms with Crippen molar-refractivity contribution in [2.75, 3.05) is 13.7 Å². The number of aromatic nitrogens is 2. The van der Waals surface area contributed by atoms with Gasteiger partial charge >= 0.3 is 0 Å². The average Bonchev–Trinajstić information content (AvgIpc) is 3.05. The topological polar surface area (TPSA) is 58.2 Å². The molecule has 1 aromatic heterocycles. The van der Waals surface area contributed by atoms with Crippen molar-refractivity contribution in [1.82, 2.24) is 15.1 Å². The van der Waals surface area contributed by atoms with Gasteiger partial charge in [0.2, 0.25) is 0 Å². The quantitative estimate of drug-likeness (QED) is 0.947. The maximum atomic E-state index is 12.6. The predicted molar refractivity (Wildman–Crippen MR) is 84.9 cm³/mol. The number of piperidine rings is 1. The molecule has 1 N–H and O–H groups in total. The lowest BCUT2D eigenvalue weighted by atomic mass is 10.0. The van der Waals surface area contributed by atoms with Crippen molar-refractivity contribution in [3.8, 4) is 17.0 Å². The third-order valence-electron chi connectivity index (χ3n) is 4.26. The van der Waals surface area contributed by atoms with E-state index in [0.717, 1.165) is 36.4 Å². The summed E-state index contributed by atoms with van der Waals surface area (Å²) in [5, 5.41) is 7.15. The van der Waals surface area contributed by atoms with Crippen molar-refractivity contribution in [3.63, 3.8) is 0 Å². The Morgan fingerprint density at radius 1 is 1.32 bits per heavy atom. The number of nitrogens with zero attached hydrogens (tertiary/aromatic N) is 2. The van der Waals surface area contributed by atoms with Gasteiger partial charge in [-0.2, -0.15) is 5.10 Å². The highest BCUT2D eigenvalue weighted by atomic mass is 16.5. The number of likely N-dealkylation sites (tertiary alicyclic amines) is 1. The fourth-order valence-electron chi connectivity index (χ4n) is 2.90. The number of amides is 1. The minimum absolute atomic E-state index is 0.0412. The molecule has 0 aliphatic carbocycles. The molecule has 1 aliphatic heterocycles. The van der Waals surface area contributed by atoms with Gasteiger partial charge in [-0.15, -0.1) is 0 Å². The molecule has 5 heteroatoms. The summed E-state index contributed by atoms with van der Waals surface area (Å²) in [4.78, 5) is 14.5. The Balaban J connectivity index is 1.79. The first-order chi connectivity index (χ1) is 10.7. The molecule has 0 spiro atoms. The minimum Gasteiger partial charge on any atom is -0.497 e. The molecule has 1 unspecified atom stereocenters. The van der Waals surface area contributed by atoms with Gasteiger partial charge in [0.05, 0.1) is 12.8 Å². The zero-order chi connectivity index (χ0) is 15.5. The number of aromatic amines is 1. The highest BCUT2D eigenvalue weighted by Gasteiger charge is 2.25. The van der Waals surface area contributed by atoms with Crippen LogP contribution in [0.3, 0.4) is 0 Å². The average molecular weight is 299 g/mol. The van der Waals surface area contributed by atoms with Crippen LogP contribution in [0.5, 0.6) is 5.75 Å². The van der Waals surface area contributed by atoms with E-state index in [1.165, 1.54) is 6.42 Å². The van der Waals surface area contributed by atoms with Crippen LogP contribution in [0, 0.1) is 0 Å². The van der Waals surface area contributed by atoms with Crippen molar-refractivity contribution in [3.05, 3.63) is 36.0 Å². The van der Waals surface area contributed by atoms with E-state index in [-0.39, 0.29) is 5.91 Å². The lowest BCUT2D eigenvalue weighted by Crippen LogP contribution is -2.42. The molecule has 1 aliphatic rings. The molecule has 2 aromatic rings. The van der Waals surface area contributed by atoms with E-state index in [1.54, 1.807) is 7.11 Å². The Kier molecular flexibility index (Phi) is 4.13. The number of methoxy groups -OCH3 is 1. The van der Waals surface area contributed by atoms with E-state index in [1.807, 2.05) is 35.2 Å². The first kappa shape index (κ1) is 14.6. The van der Waals surface area contributed by atoms with E-state index >= 15 is 0 Å². The van der Waals surface area contributed by atoms with Crippen molar-refractivity contribution in [1.29, 1.82) is 0 Å². The number of carbonyl (C=O) groups excluding carboxylic acids is 1. The Morgan fingerprint density at radius 3 is 2.77 bits per heavy atom. The molecule has 2 heterocycles. The van der Waals surface area contributed by atoms with Crippen molar-refractivity contribution >= 4 is 5.91 Å². The molecule has 1 saturated heterocycles. The van der Waals surface area contributed by atoms with Crippen LogP contribution in [0.2, 0.25) is 0 Å². The molecule has 3 rings (SSSR count). The summed E-state index contributed by atoms with van der Waals surface area (Å²) in [6.07, 6.45) is 3.35. The van der Waals surface area contributed by atoms with Crippen LogP contribution in [-0.4, -0.2) is 40.7 Å². The second-order valence-electron chi connectivity index (χ2n) is 5.74. The largest absolute Gasteiger partial charge is 0.497 e. The van der Waals surface area contributed by atoms with E-state index in [9.17, 15) is 4.79 Å². The number of H-pyrrole nitrogens is 1. The van der Waals surface area contributed by atoms with Gasteiger partial charge in [-0.1, -0.05) is 0 Å². The van der Waals surface area contributed by atoms with Gasteiger partial charge in [0.1, 0.15) is 11.4 Å². The fraction of sp³-hybridized carbons (Fsp3) is 0.412. The molecule has 0 bridgehead atoms. The van der Waals surface area contributed by atoms with Gasteiger partial charge in [-0.05, 0) is 56.5 Å². The van der Waals surface area contributed by atoms with E-state index in [2.05, 4.69) is 17.1 Å². The van der Waals surface area contributed by atoms with E-state index < -0.39 is 0 Å². The molecule has 0 radical (unpaired) electrons. The van der Waals surface area contributed by atoms with Gasteiger partial charge in [0.15, 0.2) is 0 Å². The molecule has 1 fully saturated rings. The SMILES string of the molecule is COc1ccc(-c2cc(C(=O)N3CCCCC3C)[nH]n2)cc1. The third kappa shape index (κ3) is 2.84. The molecular weight excluding hydrogens is 278 g/mol. The fourth-order valence-corrected chi connectivity index (χ4v) is 2.90. The second kappa shape index (κ2) is 6.22. The van der Waals surface area contributed by atoms with Crippen LogP contribution < -0.4 is 4.74 Å². The third-order valence-corrected chi connectivity index (χ3v) is 4.26. The first-order valence-electron chi connectivity index (χ1n) is 7.70. The van der Waals surface area contributed by atoms with E-state index in [0.29, 0.717) is 11.7 Å². The van der Waals surface area contributed by atoms with Crippen LogP contribution in [0.25, 0.3) is 11.3 Å². The lowest BCUT2D eigenvalue weighted by Gasteiger charge is -2.32. The molecule has 5 nitrogen and oxygen atoms in total. The smallest absolute Gasteiger partial charge is 0.272 e. The zero-order valence-corrected chi connectivity index (χ0v) is 13.0. The van der Waals surface area contributed by atoms with Crippen molar-refractivity contribution in [2.45, 2.75) is 32.2 Å². The summed E-state index contributed by atoms with van der Waals surface area (Å²) >= 11 is 0. The van der Waals surface area contributed by atoms with Crippen molar-refractivity contribution < 1.29 is 9.53 Å². The Labute approximate surface area is 130 Å².